The van der Waals surface area contributed by atoms with E-state index in [0.29, 0.717) is 13.1 Å². The van der Waals surface area contributed by atoms with Crippen molar-refractivity contribution >= 4 is 11.7 Å². The highest BCUT2D eigenvalue weighted by molar-refractivity contribution is 5.79. The summed E-state index contributed by atoms with van der Waals surface area (Å²) in [6.45, 7) is 8.92. The molecule has 1 fully saturated rings. The lowest BCUT2D eigenvalue weighted by molar-refractivity contribution is -0.135. The summed E-state index contributed by atoms with van der Waals surface area (Å²) in [7, 11) is 1.90. The minimum atomic E-state index is 0.0135. The maximum absolute atomic E-state index is 13.0. The highest BCUT2D eigenvalue weighted by Gasteiger charge is 2.28. The molecule has 0 saturated carbocycles. The predicted molar refractivity (Wildman–Crippen MR) is 109 cm³/mol. The van der Waals surface area contributed by atoms with Gasteiger partial charge in [0.25, 0.3) is 0 Å². The zero-order valence-corrected chi connectivity index (χ0v) is 16.9. The second-order valence-corrected chi connectivity index (χ2v) is 8.49. The molecule has 0 aliphatic carbocycles. The summed E-state index contributed by atoms with van der Waals surface area (Å²) in [4.78, 5) is 25.5. The molecule has 1 aliphatic rings. The van der Waals surface area contributed by atoms with Crippen molar-refractivity contribution in [1.82, 2.24) is 14.9 Å². The van der Waals surface area contributed by atoms with E-state index in [4.69, 9.17) is 0 Å². The van der Waals surface area contributed by atoms with Gasteiger partial charge in [-0.1, -0.05) is 45.0 Å². The minimum absolute atomic E-state index is 0.0135. The van der Waals surface area contributed by atoms with Crippen LogP contribution in [0.3, 0.4) is 0 Å². The molecule has 1 aliphatic heterocycles. The first-order valence-electron chi connectivity index (χ1n) is 9.70. The Morgan fingerprint density at radius 3 is 2.59 bits per heavy atom. The van der Waals surface area contributed by atoms with Crippen molar-refractivity contribution in [3.8, 4) is 0 Å². The van der Waals surface area contributed by atoms with E-state index in [0.717, 1.165) is 25.2 Å². The van der Waals surface area contributed by atoms with Crippen LogP contribution in [0.2, 0.25) is 0 Å². The largest absolute Gasteiger partial charge is 0.355 e. The van der Waals surface area contributed by atoms with E-state index in [1.165, 1.54) is 11.1 Å². The van der Waals surface area contributed by atoms with Crippen LogP contribution in [0.1, 0.15) is 44.7 Å². The fraction of sp³-hybridized carbons (Fsp3) is 0.500. The molecule has 1 atom stereocenters. The van der Waals surface area contributed by atoms with Gasteiger partial charge < -0.3 is 9.80 Å². The van der Waals surface area contributed by atoms with Crippen LogP contribution in [0, 0.1) is 5.92 Å². The van der Waals surface area contributed by atoms with Crippen molar-refractivity contribution in [2.45, 2.75) is 45.6 Å². The standard InChI is InChI=1S/C22H30N4O/c1-22(2,3)19-9-7-17(8-10-19)15-25(4)21(27)18-6-5-13-26(16-18)20-14-23-11-12-24-20/h7-12,14,18H,5-6,13,15-16H2,1-4H3/t18-/m0/s1. The molecule has 5 heteroatoms. The van der Waals surface area contributed by atoms with Gasteiger partial charge in [-0.2, -0.15) is 0 Å². The van der Waals surface area contributed by atoms with Crippen LogP contribution in [0.4, 0.5) is 5.82 Å². The van der Waals surface area contributed by atoms with Gasteiger partial charge in [0, 0.05) is 39.1 Å². The third-order valence-corrected chi connectivity index (χ3v) is 5.26. The van der Waals surface area contributed by atoms with Crippen LogP contribution >= 0.6 is 0 Å². The number of carbonyl (C=O) groups excluding carboxylic acids is 1. The number of piperidine rings is 1. The lowest BCUT2D eigenvalue weighted by Gasteiger charge is -2.34. The van der Waals surface area contributed by atoms with Crippen LogP contribution in [0.25, 0.3) is 0 Å². The lowest BCUT2D eigenvalue weighted by Crippen LogP contribution is -2.43. The molecular weight excluding hydrogens is 336 g/mol. The maximum atomic E-state index is 13.0. The quantitative estimate of drug-likeness (QED) is 0.829. The van der Waals surface area contributed by atoms with Crippen LogP contribution in [0.15, 0.2) is 42.9 Å². The third-order valence-electron chi connectivity index (χ3n) is 5.26. The molecule has 0 radical (unpaired) electrons. The van der Waals surface area contributed by atoms with E-state index in [9.17, 15) is 4.79 Å². The molecule has 0 N–H and O–H groups in total. The lowest BCUT2D eigenvalue weighted by atomic mass is 9.87. The Labute approximate surface area is 162 Å². The molecule has 0 spiro atoms. The average Bonchev–Trinajstić information content (AvgIpc) is 2.68. The van der Waals surface area contributed by atoms with Crippen LogP contribution in [-0.2, 0) is 16.8 Å². The van der Waals surface area contributed by atoms with Crippen molar-refractivity contribution < 1.29 is 4.79 Å². The molecule has 2 aromatic rings. The highest BCUT2D eigenvalue weighted by atomic mass is 16.2. The van der Waals surface area contributed by atoms with Gasteiger partial charge in [-0.15, -0.1) is 0 Å². The number of amides is 1. The number of rotatable bonds is 4. The van der Waals surface area contributed by atoms with Gasteiger partial charge in [-0.3, -0.25) is 9.78 Å². The van der Waals surface area contributed by atoms with Crippen molar-refractivity contribution in [2.75, 3.05) is 25.0 Å². The Kier molecular flexibility index (Phi) is 5.78. The van der Waals surface area contributed by atoms with Gasteiger partial charge in [0.2, 0.25) is 5.91 Å². The number of hydrogen-bond acceptors (Lipinski definition) is 4. The van der Waals surface area contributed by atoms with Gasteiger partial charge in [0.05, 0.1) is 12.1 Å². The molecular formula is C22H30N4O. The smallest absolute Gasteiger partial charge is 0.227 e. The van der Waals surface area contributed by atoms with Gasteiger partial charge in [-0.25, -0.2) is 4.98 Å². The van der Waals surface area contributed by atoms with E-state index < -0.39 is 0 Å². The molecule has 1 aromatic heterocycles. The minimum Gasteiger partial charge on any atom is -0.355 e. The van der Waals surface area contributed by atoms with Crippen molar-refractivity contribution in [3.05, 3.63) is 54.0 Å². The topological polar surface area (TPSA) is 49.3 Å². The summed E-state index contributed by atoms with van der Waals surface area (Å²) in [6.07, 6.45) is 7.08. The Bertz CT molecular complexity index is 752. The van der Waals surface area contributed by atoms with Crippen LogP contribution in [-0.4, -0.2) is 40.9 Å². The predicted octanol–water partition coefficient (Wildman–Crippen LogP) is 3.65. The number of anilines is 1. The van der Waals surface area contributed by atoms with Crippen molar-refractivity contribution in [2.24, 2.45) is 5.92 Å². The zero-order valence-electron chi connectivity index (χ0n) is 16.9. The second kappa shape index (κ2) is 8.07. The van der Waals surface area contributed by atoms with E-state index in [1.807, 2.05) is 11.9 Å². The molecule has 1 aromatic carbocycles. The van der Waals surface area contributed by atoms with Crippen LogP contribution < -0.4 is 4.90 Å². The van der Waals surface area contributed by atoms with Gasteiger partial charge in [-0.05, 0) is 29.4 Å². The molecule has 0 bridgehead atoms. The Morgan fingerprint density at radius 2 is 1.96 bits per heavy atom. The number of hydrogen-bond donors (Lipinski definition) is 0. The van der Waals surface area contributed by atoms with Gasteiger partial charge >= 0.3 is 0 Å². The Hall–Kier alpha value is -2.43. The molecule has 3 rings (SSSR count). The van der Waals surface area contributed by atoms with E-state index in [-0.39, 0.29) is 17.2 Å². The van der Waals surface area contributed by atoms with E-state index in [2.05, 4.69) is 59.9 Å². The summed E-state index contributed by atoms with van der Waals surface area (Å²) in [5.74, 6) is 1.08. The third kappa shape index (κ3) is 4.85. The Balaban J connectivity index is 1.61. The SMILES string of the molecule is CN(Cc1ccc(C(C)(C)C)cc1)C(=O)[C@H]1CCCN(c2cnccn2)C1. The number of carbonyl (C=O) groups is 1. The molecule has 0 unspecified atom stereocenters. The fourth-order valence-corrected chi connectivity index (χ4v) is 3.61. The number of benzene rings is 1. The van der Waals surface area contributed by atoms with Gasteiger partial charge in [0.15, 0.2) is 0 Å². The molecule has 1 saturated heterocycles. The highest BCUT2D eigenvalue weighted by Crippen LogP contribution is 2.24. The summed E-state index contributed by atoms with van der Waals surface area (Å²) >= 11 is 0. The summed E-state index contributed by atoms with van der Waals surface area (Å²) < 4.78 is 0. The molecule has 1 amide bonds. The summed E-state index contributed by atoms with van der Waals surface area (Å²) in [6, 6.07) is 8.61. The maximum Gasteiger partial charge on any atom is 0.227 e. The van der Waals surface area contributed by atoms with Crippen LogP contribution in [0.5, 0.6) is 0 Å². The first-order valence-corrected chi connectivity index (χ1v) is 9.70. The normalized spacial score (nSPS) is 17.6. The fourth-order valence-electron chi connectivity index (χ4n) is 3.61. The van der Waals surface area contributed by atoms with Crippen molar-refractivity contribution in [3.63, 3.8) is 0 Å². The van der Waals surface area contributed by atoms with Gasteiger partial charge in [0.1, 0.15) is 5.82 Å². The molecule has 5 nitrogen and oxygen atoms in total. The number of nitrogens with zero attached hydrogens (tertiary/aromatic N) is 4. The molecule has 2 heterocycles. The first-order chi connectivity index (χ1) is 12.8. The first kappa shape index (κ1) is 19.3. The summed E-state index contributed by atoms with van der Waals surface area (Å²) in [5, 5.41) is 0. The van der Waals surface area contributed by atoms with E-state index in [1.54, 1.807) is 18.6 Å². The van der Waals surface area contributed by atoms with Crippen molar-refractivity contribution in [1.29, 1.82) is 0 Å². The summed E-state index contributed by atoms with van der Waals surface area (Å²) in [5.41, 5.74) is 2.62. The number of aromatic nitrogens is 2. The zero-order chi connectivity index (χ0) is 19.4. The molecule has 27 heavy (non-hydrogen) atoms. The average molecular weight is 367 g/mol. The van der Waals surface area contributed by atoms with E-state index >= 15 is 0 Å². The molecule has 144 valence electrons. The monoisotopic (exact) mass is 366 g/mol. The Morgan fingerprint density at radius 1 is 1.22 bits per heavy atom. The second-order valence-electron chi connectivity index (χ2n) is 8.49.